The molecule has 2 amide bonds. The van der Waals surface area contributed by atoms with Crippen molar-refractivity contribution in [3.8, 4) is 0 Å². The Kier molecular flexibility index (Phi) is 10.0. The molecule has 10 nitrogen and oxygen atoms in total. The number of Topliss-reactive ketones (excluding diaryl/α,β-unsaturated/α-hetero) is 1. The summed E-state index contributed by atoms with van der Waals surface area (Å²) in [5.41, 5.74) is 0. The molecule has 0 aromatic rings. The third kappa shape index (κ3) is 8.91. The Morgan fingerprint density at radius 1 is 1.04 bits per heavy atom. The molecule has 0 aliphatic carbocycles. The molecular weight excluding hydrogens is 336 g/mol. The van der Waals surface area contributed by atoms with E-state index >= 15 is 0 Å². The maximum Gasteiger partial charge on any atom is 0.333 e. The van der Waals surface area contributed by atoms with Crippen LogP contribution in [0.1, 0.15) is 38.5 Å². The molecule has 25 heavy (non-hydrogen) atoms. The average molecular weight is 358 g/mol. The Bertz CT molecular complexity index is 490. The van der Waals surface area contributed by atoms with Gasteiger partial charge in [0.25, 0.3) is 11.8 Å². The minimum atomic E-state index is -0.781. The molecule has 140 valence electrons. The molecule has 0 spiro atoms. The van der Waals surface area contributed by atoms with E-state index in [2.05, 4.69) is 9.99 Å². The lowest BCUT2D eigenvalue weighted by molar-refractivity contribution is -0.197. The van der Waals surface area contributed by atoms with E-state index in [1.165, 1.54) is 6.21 Å². The summed E-state index contributed by atoms with van der Waals surface area (Å²) >= 11 is 0. The smallest absolute Gasteiger partial charge is 0.333 e. The second-order valence-electron chi connectivity index (χ2n) is 5.17. The predicted molar refractivity (Wildman–Crippen MR) is 82.6 cm³/mol. The summed E-state index contributed by atoms with van der Waals surface area (Å²) < 4.78 is 10.3. The summed E-state index contributed by atoms with van der Waals surface area (Å²) in [6, 6.07) is 0. The molecule has 10 heteroatoms. The summed E-state index contributed by atoms with van der Waals surface area (Å²) in [4.78, 5) is 50.4. The van der Waals surface area contributed by atoms with Gasteiger partial charge in [-0.1, -0.05) is 5.16 Å². The maximum atomic E-state index is 11.6. The van der Waals surface area contributed by atoms with Gasteiger partial charge in [-0.2, -0.15) is 0 Å². The molecule has 1 saturated heterocycles. The highest BCUT2D eigenvalue weighted by molar-refractivity contribution is 6.01. The number of ketones is 1. The first-order valence-corrected chi connectivity index (χ1v) is 7.94. The van der Waals surface area contributed by atoms with E-state index < -0.39 is 17.8 Å². The van der Waals surface area contributed by atoms with Crippen molar-refractivity contribution in [2.75, 3.05) is 26.4 Å². The van der Waals surface area contributed by atoms with Gasteiger partial charge in [-0.3, -0.25) is 14.4 Å². The number of nitrogens with zero attached hydrogens (tertiary/aromatic N) is 2. The summed E-state index contributed by atoms with van der Waals surface area (Å²) in [5, 5.41) is 11.4. The van der Waals surface area contributed by atoms with Crippen molar-refractivity contribution < 1.29 is 38.7 Å². The number of hydrogen-bond donors (Lipinski definition) is 1. The Hall–Kier alpha value is -2.33. The Morgan fingerprint density at radius 3 is 2.40 bits per heavy atom. The highest BCUT2D eigenvalue weighted by Gasteiger charge is 2.32. The minimum Gasteiger partial charge on any atom is -0.411 e. The number of rotatable bonds is 13. The van der Waals surface area contributed by atoms with Crippen LogP contribution in [0.2, 0.25) is 0 Å². The summed E-state index contributed by atoms with van der Waals surface area (Å²) in [5.74, 6) is -2.00. The average Bonchev–Trinajstić information content (AvgIpc) is 2.90. The topological polar surface area (TPSA) is 132 Å². The van der Waals surface area contributed by atoms with Crippen molar-refractivity contribution in [1.82, 2.24) is 5.06 Å². The van der Waals surface area contributed by atoms with E-state index in [4.69, 9.17) is 14.7 Å². The fourth-order valence-corrected chi connectivity index (χ4v) is 1.93. The molecule has 0 unspecified atom stereocenters. The highest BCUT2D eigenvalue weighted by Crippen LogP contribution is 2.13. The lowest BCUT2D eigenvalue weighted by atomic mass is 10.1. The van der Waals surface area contributed by atoms with Gasteiger partial charge < -0.3 is 19.5 Å². The fraction of sp³-hybridized carbons (Fsp3) is 0.667. The first kappa shape index (κ1) is 20.7. The van der Waals surface area contributed by atoms with Crippen molar-refractivity contribution in [2.45, 2.75) is 38.5 Å². The van der Waals surface area contributed by atoms with Crippen LogP contribution in [0.3, 0.4) is 0 Å². The zero-order valence-electron chi connectivity index (χ0n) is 13.8. The second kappa shape index (κ2) is 12.1. The van der Waals surface area contributed by atoms with E-state index in [9.17, 15) is 19.2 Å². The summed E-state index contributed by atoms with van der Waals surface area (Å²) in [7, 11) is 0. The molecule has 1 N–H and O–H groups in total. The predicted octanol–water partition coefficient (Wildman–Crippen LogP) is 0.216. The molecule has 1 heterocycles. The number of carbonyl (C=O) groups excluding carboxylic acids is 4. The summed E-state index contributed by atoms with van der Waals surface area (Å²) in [6.45, 7) is 1.28. The number of amides is 2. The minimum absolute atomic E-state index is 0.0152. The molecule has 0 saturated carbocycles. The van der Waals surface area contributed by atoms with Crippen molar-refractivity contribution >= 4 is 29.8 Å². The molecule has 1 rings (SSSR count). The molecular formula is C15H22N2O8. The lowest BCUT2D eigenvalue weighted by Gasteiger charge is -2.12. The van der Waals surface area contributed by atoms with Crippen LogP contribution in [0.5, 0.6) is 0 Å². The van der Waals surface area contributed by atoms with E-state index in [1.807, 2.05) is 0 Å². The van der Waals surface area contributed by atoms with E-state index in [1.54, 1.807) is 0 Å². The van der Waals surface area contributed by atoms with Gasteiger partial charge in [0.1, 0.15) is 5.78 Å². The zero-order chi connectivity index (χ0) is 18.5. The molecule has 0 aromatic heterocycles. The third-order valence-electron chi connectivity index (χ3n) is 3.20. The van der Waals surface area contributed by atoms with Gasteiger partial charge in [-0.05, 0) is 6.42 Å². The van der Waals surface area contributed by atoms with Crippen LogP contribution < -0.4 is 0 Å². The van der Waals surface area contributed by atoms with Crippen LogP contribution in [0.4, 0.5) is 0 Å². The standard InChI is InChI=1S/C15H22N2O8/c18-12(2-1-8-23-10-11-24-9-7-16-22)3-6-15(21)25-17-13(19)4-5-14(17)20/h7,22H,1-6,8-11H2/b16-7-. The molecule has 1 fully saturated rings. The first-order valence-electron chi connectivity index (χ1n) is 7.94. The molecule has 0 radical (unpaired) electrons. The first-order chi connectivity index (χ1) is 12.0. The molecule has 1 aliphatic heterocycles. The third-order valence-corrected chi connectivity index (χ3v) is 3.20. The van der Waals surface area contributed by atoms with Crippen LogP contribution in [0.15, 0.2) is 5.16 Å². The normalized spacial score (nSPS) is 14.5. The lowest BCUT2D eigenvalue weighted by Crippen LogP contribution is -2.32. The Labute approximate surface area is 144 Å². The van der Waals surface area contributed by atoms with Gasteiger partial charge in [0.2, 0.25) is 0 Å². The van der Waals surface area contributed by atoms with Crippen molar-refractivity contribution in [3.63, 3.8) is 0 Å². The molecule has 0 aromatic carbocycles. The number of ether oxygens (including phenoxy) is 2. The molecule has 0 bridgehead atoms. The maximum absolute atomic E-state index is 11.6. The van der Waals surface area contributed by atoms with E-state index in [0.29, 0.717) is 31.3 Å². The quantitative estimate of drug-likeness (QED) is 0.162. The van der Waals surface area contributed by atoms with Crippen molar-refractivity contribution in [3.05, 3.63) is 0 Å². The van der Waals surface area contributed by atoms with Gasteiger partial charge in [0.05, 0.1) is 32.5 Å². The SMILES string of the molecule is O=C(CCCOCCOC/C=N\O)CCC(=O)ON1C(=O)CCC1=O. The van der Waals surface area contributed by atoms with Crippen molar-refractivity contribution in [2.24, 2.45) is 5.16 Å². The van der Waals surface area contributed by atoms with Gasteiger partial charge >= 0.3 is 5.97 Å². The van der Waals surface area contributed by atoms with Gasteiger partial charge in [-0.15, -0.1) is 5.06 Å². The highest BCUT2D eigenvalue weighted by atomic mass is 16.7. The zero-order valence-corrected chi connectivity index (χ0v) is 13.8. The monoisotopic (exact) mass is 358 g/mol. The second-order valence-corrected chi connectivity index (χ2v) is 5.17. The van der Waals surface area contributed by atoms with Gasteiger partial charge in [0.15, 0.2) is 0 Å². The van der Waals surface area contributed by atoms with Crippen LogP contribution in [-0.4, -0.2) is 66.5 Å². The fourth-order valence-electron chi connectivity index (χ4n) is 1.93. The van der Waals surface area contributed by atoms with Crippen LogP contribution in [0.25, 0.3) is 0 Å². The largest absolute Gasteiger partial charge is 0.411 e. The number of imide groups is 1. The number of hydrogen-bond acceptors (Lipinski definition) is 9. The van der Waals surface area contributed by atoms with E-state index in [-0.39, 0.29) is 44.5 Å². The van der Waals surface area contributed by atoms with Crippen LogP contribution >= 0.6 is 0 Å². The molecule has 0 atom stereocenters. The number of hydroxylamine groups is 2. The van der Waals surface area contributed by atoms with Crippen LogP contribution in [0, 0.1) is 0 Å². The summed E-state index contributed by atoms with van der Waals surface area (Å²) in [6.07, 6.45) is 1.84. The van der Waals surface area contributed by atoms with Gasteiger partial charge in [-0.25, -0.2) is 4.79 Å². The molecule has 1 aliphatic rings. The van der Waals surface area contributed by atoms with E-state index in [0.717, 1.165) is 0 Å². The Morgan fingerprint density at radius 2 is 1.72 bits per heavy atom. The van der Waals surface area contributed by atoms with Gasteiger partial charge in [0, 0.05) is 32.3 Å². The Balaban J connectivity index is 2.00. The van der Waals surface area contributed by atoms with Crippen LogP contribution in [-0.2, 0) is 33.5 Å². The van der Waals surface area contributed by atoms with Crippen molar-refractivity contribution in [1.29, 1.82) is 0 Å². The number of carbonyl (C=O) groups is 4. The number of oxime groups is 1.